The summed E-state index contributed by atoms with van der Waals surface area (Å²) >= 11 is -2.64. The third-order valence-corrected chi connectivity index (χ3v) is 20.2. The zero-order chi connectivity index (χ0) is 18.2. The third kappa shape index (κ3) is 5.98. The molecular weight excluding hydrogens is 409 g/mol. The molecule has 0 unspecified atom stereocenters. The van der Waals surface area contributed by atoms with Crippen molar-refractivity contribution in [1.29, 1.82) is 0 Å². The zero-order valence-electron chi connectivity index (χ0n) is 16.3. The van der Waals surface area contributed by atoms with E-state index in [2.05, 4.69) is 94.6 Å². The Balaban J connectivity index is 2.27. The van der Waals surface area contributed by atoms with Crippen molar-refractivity contribution >= 4 is 31.8 Å². The molecule has 0 aliphatic heterocycles. The first kappa shape index (κ1) is 20.2. The molecule has 0 spiro atoms. The molecule has 0 aliphatic rings. The van der Waals surface area contributed by atoms with Crippen LogP contribution in [0.25, 0.3) is 0 Å². The fraction of sp³-hybridized carbons (Fsp3) is 0.435. The average molecular weight is 442 g/mol. The Kier molecular flexibility index (Phi) is 7.74. The second-order valence-corrected chi connectivity index (χ2v) is 20.4. The van der Waals surface area contributed by atoms with Gasteiger partial charge in [0.2, 0.25) is 0 Å². The first-order chi connectivity index (χ1) is 12.0. The maximum atomic E-state index is 4.70. The summed E-state index contributed by atoms with van der Waals surface area (Å²) in [5.41, 5.74) is 0.183. The number of nitrogens with zero attached hydrogens (tertiary/aromatic N) is 1. The minimum absolute atomic E-state index is 0.183. The molecule has 0 fully saturated rings. The number of hydrogen-bond donors (Lipinski definition) is 0. The molecule has 2 rings (SSSR count). The van der Waals surface area contributed by atoms with Gasteiger partial charge in [-0.3, -0.25) is 0 Å². The molecular formula is C23H33NSn. The van der Waals surface area contributed by atoms with Gasteiger partial charge in [-0.2, -0.15) is 0 Å². The Morgan fingerprint density at radius 2 is 1.36 bits per heavy atom. The van der Waals surface area contributed by atoms with Crippen molar-refractivity contribution in [3.63, 3.8) is 0 Å². The van der Waals surface area contributed by atoms with Gasteiger partial charge in [-0.15, -0.1) is 0 Å². The Labute approximate surface area is 158 Å². The summed E-state index contributed by atoms with van der Waals surface area (Å²) in [6.45, 7) is 9.94. The van der Waals surface area contributed by atoms with Crippen LogP contribution in [0.1, 0.15) is 40.5 Å². The van der Waals surface area contributed by atoms with Gasteiger partial charge in [0.1, 0.15) is 0 Å². The molecule has 0 aromatic heterocycles. The van der Waals surface area contributed by atoms with Crippen molar-refractivity contribution in [3.8, 4) is 0 Å². The van der Waals surface area contributed by atoms with Crippen molar-refractivity contribution in [3.05, 3.63) is 60.7 Å². The van der Waals surface area contributed by atoms with Gasteiger partial charge in [-0.25, -0.2) is 0 Å². The van der Waals surface area contributed by atoms with Crippen LogP contribution < -0.4 is 7.16 Å². The molecule has 1 nitrogen and oxygen atoms in total. The van der Waals surface area contributed by atoms with Crippen LogP contribution in [-0.4, -0.2) is 31.1 Å². The number of benzene rings is 2. The van der Waals surface area contributed by atoms with E-state index in [9.17, 15) is 0 Å². The van der Waals surface area contributed by atoms with Gasteiger partial charge in [0.25, 0.3) is 0 Å². The molecule has 25 heavy (non-hydrogen) atoms. The number of aliphatic imine (C=N–C) groups is 1. The molecule has 0 bridgehead atoms. The average Bonchev–Trinajstić information content (AvgIpc) is 2.61. The third-order valence-electron chi connectivity index (χ3n) is 4.70. The Morgan fingerprint density at radius 3 is 1.80 bits per heavy atom. The van der Waals surface area contributed by atoms with Crippen LogP contribution in [0.2, 0.25) is 8.87 Å². The predicted octanol–water partition coefficient (Wildman–Crippen LogP) is 5.17. The molecule has 0 aliphatic carbocycles. The number of rotatable bonds is 8. The van der Waals surface area contributed by atoms with Crippen LogP contribution in [0.15, 0.2) is 65.7 Å². The molecule has 134 valence electrons. The molecule has 2 aromatic carbocycles. The summed E-state index contributed by atoms with van der Waals surface area (Å²) in [6.07, 6.45) is 4.59. The van der Waals surface area contributed by atoms with Crippen molar-refractivity contribution in [1.82, 2.24) is 0 Å². The van der Waals surface area contributed by atoms with E-state index in [4.69, 9.17) is 4.99 Å². The monoisotopic (exact) mass is 443 g/mol. The second kappa shape index (κ2) is 9.56. The molecule has 0 radical (unpaired) electrons. The van der Waals surface area contributed by atoms with Crippen LogP contribution in [0.5, 0.6) is 0 Å². The molecule has 2 heteroatoms. The molecule has 0 saturated heterocycles. The normalized spacial score (nSPS) is 12.6. The zero-order valence-corrected chi connectivity index (χ0v) is 19.2. The summed E-state index contributed by atoms with van der Waals surface area (Å²) in [5, 5.41) is 0. The van der Waals surface area contributed by atoms with Crippen LogP contribution in [-0.2, 0) is 0 Å². The summed E-state index contributed by atoms with van der Waals surface area (Å²) < 4.78 is 6.01. The Morgan fingerprint density at radius 1 is 0.840 bits per heavy atom. The molecule has 0 heterocycles. The van der Waals surface area contributed by atoms with E-state index >= 15 is 0 Å². The van der Waals surface area contributed by atoms with Crippen LogP contribution in [0.3, 0.4) is 0 Å². The van der Waals surface area contributed by atoms with E-state index in [0.29, 0.717) is 0 Å². The van der Waals surface area contributed by atoms with E-state index < -0.39 is 18.4 Å². The summed E-state index contributed by atoms with van der Waals surface area (Å²) in [7, 11) is 0. The van der Waals surface area contributed by atoms with Gasteiger partial charge < -0.3 is 0 Å². The molecule has 0 amide bonds. The minimum atomic E-state index is -2.64. The van der Waals surface area contributed by atoms with E-state index in [1.807, 2.05) is 0 Å². The van der Waals surface area contributed by atoms with E-state index in [-0.39, 0.29) is 5.41 Å². The number of hydrogen-bond acceptors (Lipinski definition) is 1. The van der Waals surface area contributed by atoms with Crippen LogP contribution in [0.4, 0.5) is 0 Å². The van der Waals surface area contributed by atoms with Gasteiger partial charge in [-0.05, 0) is 0 Å². The first-order valence-electron chi connectivity index (χ1n) is 9.60. The fourth-order valence-corrected chi connectivity index (χ4v) is 17.9. The van der Waals surface area contributed by atoms with E-state index in [1.165, 1.54) is 21.7 Å². The van der Waals surface area contributed by atoms with Crippen molar-refractivity contribution in [2.75, 3.05) is 6.54 Å². The fourth-order valence-electron chi connectivity index (χ4n) is 3.62. The van der Waals surface area contributed by atoms with Crippen molar-refractivity contribution in [2.45, 2.75) is 49.4 Å². The summed E-state index contributed by atoms with van der Waals surface area (Å²) in [5.74, 6) is 0. The second-order valence-electron chi connectivity index (χ2n) is 8.07. The molecule has 2 aromatic rings. The maximum absolute atomic E-state index is 4.70. The molecule has 0 saturated carbocycles. The van der Waals surface area contributed by atoms with E-state index in [0.717, 1.165) is 6.54 Å². The van der Waals surface area contributed by atoms with Crippen LogP contribution in [0, 0.1) is 5.41 Å². The summed E-state index contributed by atoms with van der Waals surface area (Å²) in [4.78, 5) is 4.70. The quantitative estimate of drug-likeness (QED) is 0.304. The van der Waals surface area contributed by atoms with Gasteiger partial charge in [0, 0.05) is 0 Å². The van der Waals surface area contributed by atoms with Gasteiger partial charge in [0.15, 0.2) is 0 Å². The Hall–Kier alpha value is -1.09. The standard InChI is InChI=1S/C8H16N.2C6H5.C3H7.Sn/c1-5-6-9-7-8(2,3)4;2*1-2-4-6-5-3-1;1-3-2;/h7H,1,5-6H2,2-4H3;2*1-5H;1,3H2,2H3;. The summed E-state index contributed by atoms with van der Waals surface area (Å²) in [6, 6.07) is 22.7. The van der Waals surface area contributed by atoms with Gasteiger partial charge in [-0.1, -0.05) is 0 Å². The Bertz CT molecular complexity index is 601. The van der Waals surface area contributed by atoms with E-state index in [1.54, 1.807) is 7.16 Å². The van der Waals surface area contributed by atoms with Gasteiger partial charge in [0.05, 0.1) is 0 Å². The topological polar surface area (TPSA) is 12.4 Å². The SMILES string of the molecule is CC[CH2][Sn]([CH2]CCN=CC(C)(C)C)([c]1ccccc1)[c]1ccccc1. The van der Waals surface area contributed by atoms with Crippen molar-refractivity contribution in [2.24, 2.45) is 10.4 Å². The molecule has 0 atom stereocenters. The van der Waals surface area contributed by atoms with Gasteiger partial charge >= 0.3 is 159 Å². The van der Waals surface area contributed by atoms with Crippen LogP contribution >= 0.6 is 0 Å². The predicted molar refractivity (Wildman–Crippen MR) is 115 cm³/mol. The first-order valence-corrected chi connectivity index (χ1v) is 16.5. The van der Waals surface area contributed by atoms with Crippen molar-refractivity contribution < 1.29 is 0 Å². The molecule has 0 N–H and O–H groups in total.